The van der Waals surface area contributed by atoms with Gasteiger partial charge in [-0.3, -0.25) is 14.4 Å². The van der Waals surface area contributed by atoms with E-state index in [1.807, 2.05) is 74.5 Å². The lowest BCUT2D eigenvalue weighted by atomic mass is 9.87. The van der Waals surface area contributed by atoms with Gasteiger partial charge in [0.15, 0.2) is 0 Å². The highest BCUT2D eigenvalue weighted by Gasteiger charge is 2.50. The topological polar surface area (TPSA) is 135 Å². The molecule has 0 saturated carbocycles. The van der Waals surface area contributed by atoms with Crippen molar-refractivity contribution in [2.75, 3.05) is 19.6 Å². The number of carbonyl (C=O) groups is 3. The average molecular weight is 576 g/mol. The lowest BCUT2D eigenvalue weighted by Crippen LogP contribution is -2.59. The van der Waals surface area contributed by atoms with Crippen molar-refractivity contribution in [3.05, 3.63) is 71.8 Å². The van der Waals surface area contributed by atoms with Gasteiger partial charge in [0, 0.05) is 33.0 Å². The first-order valence-electron chi connectivity index (χ1n) is 14.9. The molecule has 1 fully saturated rings. The third kappa shape index (κ3) is 9.40. The van der Waals surface area contributed by atoms with Crippen molar-refractivity contribution in [3.63, 3.8) is 0 Å². The van der Waals surface area contributed by atoms with E-state index in [1.54, 1.807) is 4.90 Å². The van der Waals surface area contributed by atoms with Crippen molar-refractivity contribution in [2.24, 2.45) is 5.92 Å². The van der Waals surface area contributed by atoms with E-state index in [4.69, 9.17) is 5.26 Å². The summed E-state index contributed by atoms with van der Waals surface area (Å²) >= 11 is 0. The van der Waals surface area contributed by atoms with E-state index in [0.717, 1.165) is 11.1 Å². The van der Waals surface area contributed by atoms with E-state index in [0.29, 0.717) is 51.6 Å². The highest BCUT2D eigenvalue weighted by molar-refractivity contribution is 5.96. The molecule has 2 aromatic carbocycles. The molecule has 0 unspecified atom stereocenters. The number of benzene rings is 2. The van der Waals surface area contributed by atoms with Crippen LogP contribution in [-0.4, -0.2) is 71.1 Å². The number of nitriles is 1. The Bertz CT molecular complexity index is 1200. The number of hydrogen-bond donors (Lipinski definition) is 4. The van der Waals surface area contributed by atoms with Crippen LogP contribution in [0.5, 0.6) is 0 Å². The largest absolute Gasteiger partial charge is 0.390 e. The van der Waals surface area contributed by atoms with Gasteiger partial charge < -0.3 is 26.0 Å². The Hall–Kier alpha value is -3.74. The summed E-state index contributed by atoms with van der Waals surface area (Å²) in [4.78, 5) is 41.9. The van der Waals surface area contributed by atoms with Gasteiger partial charge in [-0.2, -0.15) is 5.26 Å². The molecule has 3 rings (SSSR count). The fraction of sp³-hybridized carbons (Fsp3) is 0.515. The Morgan fingerprint density at radius 3 is 2.31 bits per heavy atom. The van der Waals surface area contributed by atoms with Crippen LogP contribution in [0.2, 0.25) is 0 Å². The zero-order valence-corrected chi connectivity index (χ0v) is 25.0. The normalized spacial score (nSPS) is 18.8. The number of hydrogen-bond acceptors (Lipinski definition) is 6. The molecular formula is C33H45N5O4. The van der Waals surface area contributed by atoms with Crippen molar-refractivity contribution in [1.82, 2.24) is 20.9 Å². The van der Waals surface area contributed by atoms with Crippen LogP contribution in [0.3, 0.4) is 0 Å². The summed E-state index contributed by atoms with van der Waals surface area (Å²) < 4.78 is 0. The molecule has 1 saturated heterocycles. The van der Waals surface area contributed by atoms with Gasteiger partial charge in [-0.05, 0) is 49.1 Å². The Labute approximate surface area is 249 Å². The first kappa shape index (κ1) is 32.8. The lowest BCUT2D eigenvalue weighted by molar-refractivity contribution is -0.143. The smallest absolute Gasteiger partial charge is 0.249 e. The number of aliphatic hydroxyl groups is 1. The second-order valence-electron chi connectivity index (χ2n) is 11.6. The van der Waals surface area contributed by atoms with Crippen molar-refractivity contribution < 1.29 is 19.5 Å². The summed E-state index contributed by atoms with van der Waals surface area (Å²) in [5.41, 5.74) is 0.970. The number of amides is 3. The Balaban J connectivity index is 1.87. The average Bonchev–Trinajstić information content (AvgIpc) is 3.25. The Morgan fingerprint density at radius 2 is 1.71 bits per heavy atom. The minimum atomic E-state index is -1.04. The maximum atomic E-state index is 14.1. The molecule has 1 heterocycles. The van der Waals surface area contributed by atoms with Crippen LogP contribution in [0.25, 0.3) is 0 Å². The van der Waals surface area contributed by atoms with Crippen LogP contribution in [0.15, 0.2) is 60.7 Å². The molecule has 9 heteroatoms. The Kier molecular flexibility index (Phi) is 12.5. The van der Waals surface area contributed by atoms with E-state index in [9.17, 15) is 19.5 Å². The molecular weight excluding hydrogens is 530 g/mol. The standard InChI is InChI=1S/C33H45N5O4/c1-24(2)22-33(37-25(3)39)17-20-38(32(33)42)29(16-15-26-11-6-4-7-12-26)31(41)36-28(21-27-13-8-5-9-14-27)30(40)23-35-19-10-18-34/h4-9,11-14,24,28-30,35,40H,10,15-17,19-23H2,1-3H3,(H,36,41)(H,37,39)/t28-,29-,30+,33-/m0/s1. The van der Waals surface area contributed by atoms with Gasteiger partial charge in [0.2, 0.25) is 17.7 Å². The van der Waals surface area contributed by atoms with Crippen LogP contribution in [-0.2, 0) is 27.2 Å². The number of aryl methyl sites for hydroxylation is 1. The van der Waals surface area contributed by atoms with E-state index < -0.39 is 23.7 Å². The monoisotopic (exact) mass is 575 g/mol. The summed E-state index contributed by atoms with van der Waals surface area (Å²) in [7, 11) is 0. The van der Waals surface area contributed by atoms with Crippen LogP contribution in [0, 0.1) is 17.2 Å². The van der Waals surface area contributed by atoms with Crippen LogP contribution >= 0.6 is 0 Å². The fourth-order valence-electron chi connectivity index (χ4n) is 5.83. The third-order valence-corrected chi connectivity index (χ3v) is 7.71. The van der Waals surface area contributed by atoms with Gasteiger partial charge in [-0.15, -0.1) is 0 Å². The minimum absolute atomic E-state index is 0.163. The molecule has 1 aliphatic heterocycles. The molecule has 0 spiro atoms. The predicted molar refractivity (Wildman–Crippen MR) is 162 cm³/mol. The summed E-state index contributed by atoms with van der Waals surface area (Å²) in [6.07, 6.45) is 1.69. The molecule has 2 aromatic rings. The SMILES string of the molecule is CC(=O)N[C@]1(CC(C)C)CCN([C@@H](CCc2ccccc2)C(=O)N[C@@H](Cc2ccccc2)[C@H](O)CNCCC#N)C1=O. The van der Waals surface area contributed by atoms with Gasteiger partial charge >= 0.3 is 0 Å². The predicted octanol–water partition coefficient (Wildman–Crippen LogP) is 2.73. The molecule has 9 nitrogen and oxygen atoms in total. The number of likely N-dealkylation sites (tertiary alicyclic amines) is 1. The molecule has 42 heavy (non-hydrogen) atoms. The minimum Gasteiger partial charge on any atom is -0.390 e. The number of aliphatic hydroxyl groups excluding tert-OH is 1. The number of nitrogens with one attached hydrogen (secondary N) is 3. The number of nitrogens with zero attached hydrogens (tertiary/aromatic N) is 2. The summed E-state index contributed by atoms with van der Waals surface area (Å²) in [6.45, 7) is 6.43. The zero-order chi connectivity index (χ0) is 30.5. The van der Waals surface area contributed by atoms with E-state index in [2.05, 4.69) is 22.0 Å². The van der Waals surface area contributed by atoms with Crippen molar-refractivity contribution >= 4 is 17.7 Å². The first-order chi connectivity index (χ1) is 20.1. The van der Waals surface area contributed by atoms with E-state index >= 15 is 0 Å². The molecule has 3 amide bonds. The second kappa shape index (κ2) is 16.0. The van der Waals surface area contributed by atoms with Crippen molar-refractivity contribution in [2.45, 2.75) is 83.0 Å². The second-order valence-corrected chi connectivity index (χ2v) is 11.6. The van der Waals surface area contributed by atoms with Crippen LogP contribution in [0.4, 0.5) is 0 Å². The van der Waals surface area contributed by atoms with Crippen molar-refractivity contribution in [3.8, 4) is 6.07 Å². The van der Waals surface area contributed by atoms with Crippen molar-refractivity contribution in [1.29, 1.82) is 5.26 Å². The Morgan fingerprint density at radius 1 is 1.07 bits per heavy atom. The lowest BCUT2D eigenvalue weighted by Gasteiger charge is -2.34. The maximum absolute atomic E-state index is 14.1. The number of carbonyl (C=O) groups excluding carboxylic acids is 3. The molecule has 0 aromatic heterocycles. The molecule has 226 valence electrons. The number of rotatable bonds is 16. The zero-order valence-electron chi connectivity index (χ0n) is 25.0. The van der Waals surface area contributed by atoms with Gasteiger partial charge in [-0.25, -0.2) is 0 Å². The molecule has 0 radical (unpaired) electrons. The quantitative estimate of drug-likeness (QED) is 0.228. The van der Waals surface area contributed by atoms with Crippen LogP contribution in [0.1, 0.15) is 57.6 Å². The highest BCUT2D eigenvalue weighted by Crippen LogP contribution is 2.32. The molecule has 1 aliphatic rings. The molecule has 4 N–H and O–H groups in total. The van der Waals surface area contributed by atoms with Gasteiger partial charge in [0.25, 0.3) is 0 Å². The third-order valence-electron chi connectivity index (χ3n) is 7.71. The van der Waals surface area contributed by atoms with E-state index in [-0.39, 0.29) is 30.2 Å². The molecule has 4 atom stereocenters. The molecule has 0 bridgehead atoms. The highest BCUT2D eigenvalue weighted by atomic mass is 16.3. The van der Waals surface area contributed by atoms with E-state index in [1.165, 1.54) is 6.92 Å². The molecule has 0 aliphatic carbocycles. The first-order valence-corrected chi connectivity index (χ1v) is 14.9. The van der Waals surface area contributed by atoms with Gasteiger partial charge in [0.1, 0.15) is 11.6 Å². The maximum Gasteiger partial charge on any atom is 0.249 e. The summed E-state index contributed by atoms with van der Waals surface area (Å²) in [6, 6.07) is 20.1. The summed E-state index contributed by atoms with van der Waals surface area (Å²) in [5, 5.41) is 29.0. The fourth-order valence-corrected chi connectivity index (χ4v) is 5.83. The summed E-state index contributed by atoms with van der Waals surface area (Å²) in [5.74, 6) is -0.681. The van der Waals surface area contributed by atoms with Gasteiger partial charge in [0.05, 0.1) is 18.2 Å². The van der Waals surface area contributed by atoms with Crippen LogP contribution < -0.4 is 16.0 Å². The van der Waals surface area contributed by atoms with Gasteiger partial charge in [-0.1, -0.05) is 74.5 Å².